The highest BCUT2D eigenvalue weighted by atomic mass is 16.3. The lowest BCUT2D eigenvalue weighted by molar-refractivity contribution is 0.0841. The van der Waals surface area contributed by atoms with Crippen LogP contribution in [0.2, 0.25) is 0 Å². The summed E-state index contributed by atoms with van der Waals surface area (Å²) in [5, 5.41) is 16.4. The molecule has 0 aliphatic carbocycles. The number of fused-ring (bicyclic) bond motifs is 1. The van der Waals surface area contributed by atoms with Crippen molar-refractivity contribution in [2.75, 3.05) is 6.54 Å². The monoisotopic (exact) mass is 390 g/mol. The molecule has 0 aliphatic heterocycles. The van der Waals surface area contributed by atoms with Crippen LogP contribution in [0.4, 0.5) is 0 Å². The number of hydrogen-bond donors (Lipinski definition) is 1. The number of furan rings is 1. The number of rotatable bonds is 8. The van der Waals surface area contributed by atoms with E-state index in [4.69, 9.17) is 4.42 Å². The quantitative estimate of drug-likeness (QED) is 0.497. The molecule has 0 spiro atoms. The first kappa shape index (κ1) is 19.4. The molecule has 0 fully saturated rings. The minimum Gasteiger partial charge on any atom is -0.468 e. The maximum Gasteiger partial charge on any atom is 0.117 e. The lowest BCUT2D eigenvalue weighted by Crippen LogP contribution is -2.34. The molecule has 6 nitrogen and oxygen atoms in total. The predicted molar refractivity (Wildman–Crippen MR) is 112 cm³/mol. The van der Waals surface area contributed by atoms with Crippen LogP contribution >= 0.6 is 0 Å². The SMILES string of the molecule is Cc1cc(C)n(CC(O)CN(Cc2ccco2)Cc2cccc3ncccc23)n1. The average molecular weight is 390 g/mol. The predicted octanol–water partition coefficient (Wildman–Crippen LogP) is 3.70. The third-order valence-electron chi connectivity index (χ3n) is 5.05. The van der Waals surface area contributed by atoms with Gasteiger partial charge in [0.1, 0.15) is 5.76 Å². The van der Waals surface area contributed by atoms with Crippen molar-refractivity contribution in [3.8, 4) is 0 Å². The molecule has 6 heteroatoms. The van der Waals surface area contributed by atoms with Gasteiger partial charge in [-0.05, 0) is 49.7 Å². The van der Waals surface area contributed by atoms with Crippen LogP contribution in [-0.4, -0.2) is 37.4 Å². The number of nitrogens with zero attached hydrogens (tertiary/aromatic N) is 4. The first-order valence-electron chi connectivity index (χ1n) is 9.85. The molecule has 0 saturated heterocycles. The van der Waals surface area contributed by atoms with E-state index in [-0.39, 0.29) is 0 Å². The minimum absolute atomic E-state index is 0.464. The van der Waals surface area contributed by atoms with Gasteiger partial charge in [0.05, 0.1) is 36.7 Å². The van der Waals surface area contributed by atoms with Crippen molar-refractivity contribution in [3.05, 3.63) is 83.7 Å². The topological polar surface area (TPSA) is 67.3 Å². The first-order chi connectivity index (χ1) is 14.1. The Labute approximate surface area is 170 Å². The normalized spacial score (nSPS) is 12.7. The van der Waals surface area contributed by atoms with Gasteiger partial charge in [0.25, 0.3) is 0 Å². The van der Waals surface area contributed by atoms with Crippen molar-refractivity contribution < 1.29 is 9.52 Å². The Hall–Kier alpha value is -2.96. The van der Waals surface area contributed by atoms with E-state index in [1.54, 1.807) is 6.26 Å². The van der Waals surface area contributed by atoms with Crippen molar-refractivity contribution in [2.45, 2.75) is 39.6 Å². The number of aliphatic hydroxyl groups is 1. The van der Waals surface area contributed by atoms with E-state index in [2.05, 4.69) is 27.1 Å². The van der Waals surface area contributed by atoms with Gasteiger partial charge < -0.3 is 9.52 Å². The molecular weight excluding hydrogens is 364 g/mol. The Morgan fingerprint density at radius 1 is 1.10 bits per heavy atom. The Morgan fingerprint density at radius 3 is 2.76 bits per heavy atom. The molecule has 0 aliphatic rings. The summed E-state index contributed by atoms with van der Waals surface area (Å²) in [4.78, 5) is 6.66. The minimum atomic E-state index is -0.545. The van der Waals surface area contributed by atoms with Gasteiger partial charge >= 0.3 is 0 Å². The van der Waals surface area contributed by atoms with Crippen LogP contribution in [0.1, 0.15) is 22.7 Å². The highest BCUT2D eigenvalue weighted by molar-refractivity contribution is 5.81. The molecule has 3 heterocycles. The van der Waals surface area contributed by atoms with Crippen molar-refractivity contribution in [2.24, 2.45) is 0 Å². The highest BCUT2D eigenvalue weighted by Gasteiger charge is 2.17. The molecular formula is C23H26N4O2. The zero-order chi connectivity index (χ0) is 20.2. The number of aryl methyl sites for hydroxylation is 2. The van der Waals surface area contributed by atoms with Crippen LogP contribution in [-0.2, 0) is 19.6 Å². The molecule has 0 saturated carbocycles. The van der Waals surface area contributed by atoms with Gasteiger partial charge in [-0.15, -0.1) is 0 Å². The number of benzene rings is 1. The largest absolute Gasteiger partial charge is 0.468 e. The summed E-state index contributed by atoms with van der Waals surface area (Å²) in [5.41, 5.74) is 4.18. The van der Waals surface area contributed by atoms with E-state index in [0.29, 0.717) is 26.2 Å². The van der Waals surface area contributed by atoms with Crippen LogP contribution in [0.5, 0.6) is 0 Å². The van der Waals surface area contributed by atoms with Crippen LogP contribution in [0.15, 0.2) is 65.4 Å². The van der Waals surface area contributed by atoms with Crippen LogP contribution in [0, 0.1) is 13.8 Å². The van der Waals surface area contributed by atoms with Crippen LogP contribution < -0.4 is 0 Å². The van der Waals surface area contributed by atoms with E-state index in [0.717, 1.165) is 28.1 Å². The van der Waals surface area contributed by atoms with Crippen molar-refractivity contribution in [3.63, 3.8) is 0 Å². The third-order valence-corrected chi connectivity index (χ3v) is 5.05. The Morgan fingerprint density at radius 2 is 2.00 bits per heavy atom. The zero-order valence-electron chi connectivity index (χ0n) is 16.8. The van der Waals surface area contributed by atoms with Crippen molar-refractivity contribution >= 4 is 10.9 Å². The lowest BCUT2D eigenvalue weighted by atomic mass is 10.1. The molecule has 4 aromatic rings. The maximum absolute atomic E-state index is 10.8. The van der Waals surface area contributed by atoms with Crippen molar-refractivity contribution in [1.29, 1.82) is 0 Å². The van der Waals surface area contributed by atoms with E-state index in [1.165, 1.54) is 5.56 Å². The fourth-order valence-electron chi connectivity index (χ4n) is 3.77. The average Bonchev–Trinajstić information content (AvgIpc) is 3.31. The number of pyridine rings is 1. The van der Waals surface area contributed by atoms with E-state index in [1.807, 2.05) is 61.1 Å². The van der Waals surface area contributed by atoms with Gasteiger partial charge in [-0.3, -0.25) is 14.6 Å². The number of hydrogen-bond acceptors (Lipinski definition) is 5. The third kappa shape index (κ3) is 4.72. The van der Waals surface area contributed by atoms with E-state index < -0.39 is 6.10 Å². The molecule has 1 aromatic carbocycles. The molecule has 150 valence electrons. The molecule has 29 heavy (non-hydrogen) atoms. The second-order valence-electron chi connectivity index (χ2n) is 7.50. The second kappa shape index (κ2) is 8.59. The van der Waals surface area contributed by atoms with Crippen LogP contribution in [0.25, 0.3) is 10.9 Å². The molecule has 0 radical (unpaired) electrons. The van der Waals surface area contributed by atoms with Gasteiger partial charge in [-0.1, -0.05) is 18.2 Å². The first-order valence-corrected chi connectivity index (χ1v) is 9.85. The highest BCUT2D eigenvalue weighted by Crippen LogP contribution is 2.20. The van der Waals surface area contributed by atoms with Gasteiger partial charge in [0, 0.05) is 30.4 Å². The van der Waals surface area contributed by atoms with E-state index in [9.17, 15) is 5.11 Å². The summed E-state index contributed by atoms with van der Waals surface area (Å²) < 4.78 is 7.43. The molecule has 1 N–H and O–H groups in total. The van der Waals surface area contributed by atoms with Crippen LogP contribution in [0.3, 0.4) is 0 Å². The van der Waals surface area contributed by atoms with E-state index >= 15 is 0 Å². The molecule has 1 atom stereocenters. The maximum atomic E-state index is 10.8. The fraction of sp³-hybridized carbons (Fsp3) is 0.304. The Balaban J connectivity index is 1.53. The van der Waals surface area contributed by atoms with Gasteiger partial charge in [-0.2, -0.15) is 5.10 Å². The van der Waals surface area contributed by atoms with Gasteiger partial charge in [0.15, 0.2) is 0 Å². The summed E-state index contributed by atoms with van der Waals surface area (Å²) in [7, 11) is 0. The molecule has 4 rings (SSSR count). The zero-order valence-corrected chi connectivity index (χ0v) is 16.8. The van der Waals surface area contributed by atoms with Crippen molar-refractivity contribution in [1.82, 2.24) is 19.7 Å². The summed E-state index contributed by atoms with van der Waals surface area (Å²) in [6.45, 7) is 6.26. The number of aliphatic hydroxyl groups excluding tert-OH is 1. The summed E-state index contributed by atoms with van der Waals surface area (Å²) in [6.07, 6.45) is 2.95. The van der Waals surface area contributed by atoms with Gasteiger partial charge in [0.2, 0.25) is 0 Å². The lowest BCUT2D eigenvalue weighted by Gasteiger charge is -2.25. The summed E-state index contributed by atoms with van der Waals surface area (Å²) >= 11 is 0. The van der Waals surface area contributed by atoms with Gasteiger partial charge in [-0.25, -0.2) is 0 Å². The molecule has 1 unspecified atom stereocenters. The second-order valence-corrected chi connectivity index (χ2v) is 7.50. The smallest absolute Gasteiger partial charge is 0.117 e. The molecule has 3 aromatic heterocycles. The fourth-order valence-corrected chi connectivity index (χ4v) is 3.77. The number of aromatic nitrogens is 3. The molecule has 0 amide bonds. The summed E-state index contributed by atoms with van der Waals surface area (Å²) in [5.74, 6) is 0.877. The Kier molecular flexibility index (Phi) is 5.74. The summed E-state index contributed by atoms with van der Waals surface area (Å²) in [6, 6.07) is 16.1. The standard InChI is InChI=1S/C23H26N4O2/c1-17-12-18(2)27(25-17)15-20(28)14-26(16-21-7-5-11-29-21)13-19-6-3-9-23-22(19)8-4-10-24-23/h3-12,20,28H,13-16H2,1-2H3. The molecule has 0 bridgehead atoms. The Bertz CT molecular complexity index is 1070.